The van der Waals surface area contributed by atoms with Crippen molar-refractivity contribution < 1.29 is 18.8 Å². The number of fused-ring (bicyclic) bond motifs is 1. The van der Waals surface area contributed by atoms with Crippen molar-refractivity contribution in [3.8, 4) is 0 Å². The number of piperidine rings is 1. The molecule has 1 saturated carbocycles. The van der Waals surface area contributed by atoms with Crippen molar-refractivity contribution in [2.24, 2.45) is 17.8 Å². The molecule has 2 amide bonds. The Morgan fingerprint density at radius 1 is 1.32 bits per heavy atom. The normalized spacial score (nSPS) is 28.7. The van der Waals surface area contributed by atoms with Crippen LogP contribution < -0.4 is 5.32 Å². The maximum Gasteiger partial charge on any atom is 0.236 e. The average Bonchev–Trinajstić information content (AvgIpc) is 3.27. The van der Waals surface area contributed by atoms with Gasteiger partial charge in [-0.25, -0.2) is 0 Å². The van der Waals surface area contributed by atoms with E-state index in [2.05, 4.69) is 15.5 Å². The van der Waals surface area contributed by atoms with Gasteiger partial charge in [0.1, 0.15) is 6.42 Å². The van der Waals surface area contributed by atoms with Gasteiger partial charge in [-0.1, -0.05) is 5.16 Å². The zero-order valence-corrected chi connectivity index (χ0v) is 14.4. The minimum Gasteiger partial charge on any atom is -0.376 e. The van der Waals surface area contributed by atoms with E-state index < -0.39 is 0 Å². The second-order valence-corrected chi connectivity index (χ2v) is 7.36. The number of nitrogens with zero attached hydrogens (tertiary/aromatic N) is 3. The molecular weight excluding hydrogens is 324 g/mol. The van der Waals surface area contributed by atoms with Gasteiger partial charge >= 0.3 is 0 Å². The van der Waals surface area contributed by atoms with Gasteiger partial charge < -0.3 is 19.5 Å². The van der Waals surface area contributed by atoms with Crippen LogP contribution in [0.4, 0.5) is 0 Å². The SMILES string of the molecule is Cc1noc(CC(=O)N2CC[C@@H]3[C@@H](CO[C@H]3CNC(=O)C3CC3)C2)n1. The minimum absolute atomic E-state index is 0.0209. The Kier molecular flexibility index (Phi) is 4.45. The molecule has 3 fully saturated rings. The van der Waals surface area contributed by atoms with E-state index in [-0.39, 0.29) is 30.3 Å². The van der Waals surface area contributed by atoms with Crippen molar-refractivity contribution in [2.45, 2.75) is 38.7 Å². The van der Waals surface area contributed by atoms with E-state index >= 15 is 0 Å². The lowest BCUT2D eigenvalue weighted by Gasteiger charge is -2.35. The molecule has 0 radical (unpaired) electrons. The highest BCUT2D eigenvalue weighted by atomic mass is 16.5. The van der Waals surface area contributed by atoms with Gasteiger partial charge in [0, 0.05) is 31.5 Å². The molecule has 1 N–H and O–H groups in total. The van der Waals surface area contributed by atoms with Crippen LogP contribution in [0.5, 0.6) is 0 Å². The van der Waals surface area contributed by atoms with E-state index in [1.54, 1.807) is 6.92 Å². The van der Waals surface area contributed by atoms with E-state index in [0.717, 1.165) is 19.3 Å². The van der Waals surface area contributed by atoms with Crippen LogP contribution >= 0.6 is 0 Å². The molecule has 1 aromatic rings. The van der Waals surface area contributed by atoms with E-state index in [4.69, 9.17) is 9.26 Å². The molecule has 8 nitrogen and oxygen atoms in total. The van der Waals surface area contributed by atoms with Crippen LogP contribution in [0.1, 0.15) is 31.0 Å². The monoisotopic (exact) mass is 348 g/mol. The van der Waals surface area contributed by atoms with Crippen LogP contribution in [0.25, 0.3) is 0 Å². The third kappa shape index (κ3) is 3.68. The number of ether oxygens (including phenoxy) is 1. The predicted octanol–water partition coefficient (Wildman–Crippen LogP) is 0.310. The Balaban J connectivity index is 1.27. The van der Waals surface area contributed by atoms with Crippen LogP contribution in [-0.4, -0.2) is 59.2 Å². The molecule has 3 aliphatic rings. The van der Waals surface area contributed by atoms with E-state index in [9.17, 15) is 9.59 Å². The third-order valence-electron chi connectivity index (χ3n) is 5.45. The summed E-state index contributed by atoms with van der Waals surface area (Å²) >= 11 is 0. The fraction of sp³-hybridized carbons (Fsp3) is 0.765. The fourth-order valence-corrected chi connectivity index (χ4v) is 3.87. The van der Waals surface area contributed by atoms with Crippen LogP contribution in [0.15, 0.2) is 4.52 Å². The lowest BCUT2D eigenvalue weighted by atomic mass is 9.84. The van der Waals surface area contributed by atoms with Crippen molar-refractivity contribution in [2.75, 3.05) is 26.2 Å². The zero-order valence-electron chi connectivity index (χ0n) is 14.4. The number of amides is 2. The first-order valence-corrected chi connectivity index (χ1v) is 9.06. The number of rotatable bonds is 5. The first kappa shape index (κ1) is 16.5. The molecule has 2 aliphatic heterocycles. The molecule has 136 valence electrons. The molecule has 25 heavy (non-hydrogen) atoms. The van der Waals surface area contributed by atoms with Crippen LogP contribution in [0.2, 0.25) is 0 Å². The third-order valence-corrected chi connectivity index (χ3v) is 5.45. The maximum absolute atomic E-state index is 12.4. The van der Waals surface area contributed by atoms with Gasteiger partial charge in [0.25, 0.3) is 0 Å². The summed E-state index contributed by atoms with van der Waals surface area (Å²) in [5.41, 5.74) is 0. The number of hydrogen-bond acceptors (Lipinski definition) is 6. The van der Waals surface area contributed by atoms with Crippen molar-refractivity contribution >= 4 is 11.8 Å². The molecule has 1 aliphatic carbocycles. The highest BCUT2D eigenvalue weighted by Crippen LogP contribution is 2.35. The number of hydrogen-bond donors (Lipinski definition) is 1. The fourth-order valence-electron chi connectivity index (χ4n) is 3.87. The Morgan fingerprint density at radius 3 is 2.88 bits per heavy atom. The zero-order chi connectivity index (χ0) is 17.4. The highest BCUT2D eigenvalue weighted by Gasteiger charge is 2.42. The van der Waals surface area contributed by atoms with Gasteiger partial charge in [0.05, 0.1) is 12.7 Å². The number of likely N-dealkylation sites (tertiary alicyclic amines) is 1. The summed E-state index contributed by atoms with van der Waals surface area (Å²) in [6.45, 7) is 4.39. The standard InChI is InChI=1S/C17H24N4O4/c1-10-19-15(25-20-10)6-16(22)21-5-4-13-12(8-21)9-24-14(13)7-18-17(23)11-2-3-11/h11-14H,2-9H2,1H3,(H,18,23)/t12-,13-,14+/m1/s1. The summed E-state index contributed by atoms with van der Waals surface area (Å²) in [4.78, 5) is 30.2. The minimum atomic E-state index is 0.0209. The lowest BCUT2D eigenvalue weighted by Crippen LogP contribution is -2.46. The largest absolute Gasteiger partial charge is 0.376 e. The summed E-state index contributed by atoms with van der Waals surface area (Å²) < 4.78 is 10.9. The predicted molar refractivity (Wildman–Crippen MR) is 86.4 cm³/mol. The molecule has 8 heteroatoms. The number of aromatic nitrogens is 2. The van der Waals surface area contributed by atoms with E-state index in [1.807, 2.05) is 4.90 Å². The molecule has 3 atom stereocenters. The van der Waals surface area contributed by atoms with E-state index in [1.165, 1.54) is 0 Å². The van der Waals surface area contributed by atoms with Crippen LogP contribution in [0.3, 0.4) is 0 Å². The highest BCUT2D eigenvalue weighted by molar-refractivity contribution is 5.80. The number of carbonyl (C=O) groups excluding carboxylic acids is 2. The summed E-state index contributed by atoms with van der Waals surface area (Å²) in [5, 5.41) is 6.73. The second-order valence-electron chi connectivity index (χ2n) is 7.36. The van der Waals surface area contributed by atoms with E-state index in [0.29, 0.717) is 49.8 Å². The number of carbonyl (C=O) groups is 2. The Labute approximate surface area is 146 Å². The summed E-state index contributed by atoms with van der Waals surface area (Å²) in [6.07, 6.45) is 3.16. The van der Waals surface area contributed by atoms with Gasteiger partial charge in [-0.3, -0.25) is 9.59 Å². The van der Waals surface area contributed by atoms with Gasteiger partial charge in [-0.2, -0.15) is 4.98 Å². The molecule has 4 rings (SSSR count). The molecular formula is C17H24N4O4. The van der Waals surface area contributed by atoms with Gasteiger partial charge in [-0.15, -0.1) is 0 Å². The van der Waals surface area contributed by atoms with Crippen molar-refractivity contribution in [3.63, 3.8) is 0 Å². The lowest BCUT2D eigenvalue weighted by molar-refractivity contribution is -0.133. The quantitative estimate of drug-likeness (QED) is 0.822. The summed E-state index contributed by atoms with van der Waals surface area (Å²) in [7, 11) is 0. The molecule has 1 aromatic heterocycles. The molecule has 0 spiro atoms. The van der Waals surface area contributed by atoms with Gasteiger partial charge in [-0.05, 0) is 32.1 Å². The second kappa shape index (κ2) is 6.74. The topological polar surface area (TPSA) is 97.6 Å². The summed E-state index contributed by atoms with van der Waals surface area (Å²) in [5.74, 6) is 2.07. The maximum atomic E-state index is 12.4. The van der Waals surface area contributed by atoms with Crippen LogP contribution in [-0.2, 0) is 20.7 Å². The van der Waals surface area contributed by atoms with Crippen molar-refractivity contribution in [1.82, 2.24) is 20.4 Å². The van der Waals surface area contributed by atoms with Crippen molar-refractivity contribution in [1.29, 1.82) is 0 Å². The first-order chi connectivity index (χ1) is 12.1. The van der Waals surface area contributed by atoms with Crippen molar-refractivity contribution in [3.05, 3.63) is 11.7 Å². The average molecular weight is 348 g/mol. The van der Waals surface area contributed by atoms with Crippen LogP contribution in [0, 0.1) is 24.7 Å². The van der Waals surface area contributed by atoms with Gasteiger partial charge in [0.15, 0.2) is 5.82 Å². The smallest absolute Gasteiger partial charge is 0.236 e. The van der Waals surface area contributed by atoms with Gasteiger partial charge in [0.2, 0.25) is 17.7 Å². The Bertz CT molecular complexity index is 657. The molecule has 3 heterocycles. The first-order valence-electron chi connectivity index (χ1n) is 9.06. The summed E-state index contributed by atoms with van der Waals surface area (Å²) in [6, 6.07) is 0. The Morgan fingerprint density at radius 2 is 2.16 bits per heavy atom. The molecule has 0 aromatic carbocycles. The molecule has 2 saturated heterocycles. The Hall–Kier alpha value is -1.96. The molecule has 0 bridgehead atoms. The number of aryl methyl sites for hydroxylation is 1. The molecule has 0 unspecified atom stereocenters. The number of nitrogens with one attached hydrogen (secondary N) is 1.